The summed E-state index contributed by atoms with van der Waals surface area (Å²) < 4.78 is 4.61. The molecular formula is C46H61N7O17S. The topological polar surface area (TPSA) is 384 Å². The summed E-state index contributed by atoms with van der Waals surface area (Å²) in [6.45, 7) is -0.540. The van der Waals surface area contributed by atoms with Crippen molar-refractivity contribution >= 4 is 84.2 Å². The van der Waals surface area contributed by atoms with Crippen LogP contribution in [0.2, 0.25) is 0 Å². The van der Waals surface area contributed by atoms with Crippen molar-refractivity contribution in [3.63, 3.8) is 0 Å². The number of amides is 6. The van der Waals surface area contributed by atoms with E-state index < -0.39 is 127 Å². The van der Waals surface area contributed by atoms with E-state index in [0.29, 0.717) is 11.1 Å². The Morgan fingerprint density at radius 3 is 1.83 bits per heavy atom. The van der Waals surface area contributed by atoms with Gasteiger partial charge in [-0.1, -0.05) is 60.7 Å². The molecule has 0 fully saturated rings. The molecule has 7 atom stereocenters. The first-order chi connectivity index (χ1) is 33.6. The summed E-state index contributed by atoms with van der Waals surface area (Å²) in [5.74, 6) is -11.2. The minimum absolute atomic E-state index is 0.0124. The Bertz CT molecular complexity index is 2170. The molecule has 0 aliphatic heterocycles. The summed E-state index contributed by atoms with van der Waals surface area (Å²) in [4.78, 5) is 150. The number of Topliss-reactive ketones (excluding diaryl/α,β-unsaturated/α-hetero) is 2. The van der Waals surface area contributed by atoms with Crippen LogP contribution >= 0.6 is 12.6 Å². The van der Waals surface area contributed by atoms with Crippen molar-refractivity contribution in [3.05, 3.63) is 71.8 Å². The monoisotopic (exact) mass is 1020 g/mol. The maximum atomic E-state index is 14.1. The van der Waals surface area contributed by atoms with Crippen LogP contribution in [0.15, 0.2) is 60.7 Å². The molecule has 0 heterocycles. The number of carbonyl (C=O) groups is 12. The lowest BCUT2D eigenvalue weighted by atomic mass is 9.89. The number of nitrogens with zero attached hydrogens (tertiary/aromatic N) is 1. The number of nitrogens with one attached hydrogen (secondary N) is 5. The van der Waals surface area contributed by atoms with Crippen molar-refractivity contribution < 1.29 is 82.7 Å². The summed E-state index contributed by atoms with van der Waals surface area (Å²) in [5.41, 5.74) is 7.41. The average Bonchev–Trinajstić information content (AvgIpc) is 3.32. The molecule has 11 N–H and O–H groups in total. The second-order valence-corrected chi connectivity index (χ2v) is 16.7. The number of nitrogens with two attached hydrogens (primary N) is 1. The van der Waals surface area contributed by atoms with E-state index in [9.17, 15) is 72.9 Å². The van der Waals surface area contributed by atoms with Crippen molar-refractivity contribution in [1.29, 1.82) is 0 Å². The minimum Gasteiger partial charge on any atom is -0.481 e. The fourth-order valence-corrected chi connectivity index (χ4v) is 7.31. The molecule has 0 aliphatic carbocycles. The van der Waals surface area contributed by atoms with Crippen LogP contribution in [0, 0.1) is 5.92 Å². The Morgan fingerprint density at radius 1 is 0.676 bits per heavy atom. The molecule has 6 amide bonds. The fraction of sp³-hybridized carbons (Fsp3) is 0.478. The maximum Gasteiger partial charge on any atom is 0.327 e. The molecule has 25 heteroatoms. The molecule has 388 valence electrons. The fourth-order valence-electron chi connectivity index (χ4n) is 6.91. The standard InChI is InChI=1S/C46H61N7O17S/c1-53(35(25-71)45(67)68)43(64)34(23-40(60)61)50-42(63)31(47)24-48-41(62)29(20-27-10-4-2-5-11-27)22-36(56)33(21-28-12-6-3-7-13-28)49-37(57)15-9-8-14-30(55)16-17-32(44(65)66)51-46(69)52-38(70-26-54)18-19-39(58)59/h2-7,10-13,26,29,31-35,38,71H,8-9,14-25,47H2,1H3,(H,48,62)(H,49,57)(H,50,63)(H,58,59)(H,60,61)(H,65,66)(H,67,68)(H2,51,52,69)/t29-,31+,32+,33+,34?,35+,38-/m1/s1. The Balaban J connectivity index is 2.10. The summed E-state index contributed by atoms with van der Waals surface area (Å²) in [5, 5.41) is 49.0. The summed E-state index contributed by atoms with van der Waals surface area (Å²) in [6, 6.07) is 8.96. The lowest BCUT2D eigenvalue weighted by molar-refractivity contribution is -0.150. The van der Waals surface area contributed by atoms with Crippen molar-refractivity contribution in [3.8, 4) is 0 Å². The van der Waals surface area contributed by atoms with Crippen molar-refractivity contribution in [2.24, 2.45) is 11.7 Å². The second-order valence-electron chi connectivity index (χ2n) is 16.3. The highest BCUT2D eigenvalue weighted by Crippen LogP contribution is 2.17. The third-order valence-electron chi connectivity index (χ3n) is 10.8. The molecule has 0 radical (unpaired) electrons. The zero-order valence-corrected chi connectivity index (χ0v) is 39.8. The van der Waals surface area contributed by atoms with Gasteiger partial charge in [0, 0.05) is 57.4 Å². The molecule has 2 aromatic carbocycles. The first kappa shape index (κ1) is 59.7. The molecular weight excluding hydrogens is 955 g/mol. The zero-order valence-electron chi connectivity index (χ0n) is 38.9. The quantitative estimate of drug-likeness (QED) is 0.0184. The van der Waals surface area contributed by atoms with Gasteiger partial charge in [0.25, 0.3) is 6.47 Å². The van der Waals surface area contributed by atoms with Crippen LogP contribution < -0.4 is 32.3 Å². The third kappa shape index (κ3) is 23.2. The molecule has 0 spiro atoms. The number of hydrogen-bond donors (Lipinski definition) is 11. The van der Waals surface area contributed by atoms with Gasteiger partial charge in [0.05, 0.1) is 18.9 Å². The van der Waals surface area contributed by atoms with Gasteiger partial charge in [-0.15, -0.1) is 0 Å². The number of urea groups is 1. The van der Waals surface area contributed by atoms with Crippen LogP contribution in [0.1, 0.15) is 75.3 Å². The number of ketones is 2. The van der Waals surface area contributed by atoms with E-state index in [2.05, 4.69) is 43.9 Å². The smallest absolute Gasteiger partial charge is 0.327 e. The highest BCUT2D eigenvalue weighted by molar-refractivity contribution is 7.80. The number of hydrogen-bond acceptors (Lipinski definition) is 15. The SMILES string of the molecule is CN(C(=O)C(CC(=O)O)NC(=O)[C@@H](N)CNC(=O)[C@@H](CC(=O)[C@H](Cc1ccccc1)NC(=O)CCCCC(=O)CC[C@H](NC(=O)N[C@@H](CCC(=O)O)OC=O)C(=O)O)Cc1ccccc1)[C@@H](CS)C(=O)O. The lowest BCUT2D eigenvalue weighted by Gasteiger charge is -2.28. The molecule has 2 aromatic rings. The van der Waals surface area contributed by atoms with Gasteiger partial charge in [0.2, 0.25) is 23.6 Å². The van der Waals surface area contributed by atoms with Crippen LogP contribution in [0.5, 0.6) is 0 Å². The van der Waals surface area contributed by atoms with Crippen LogP contribution in [0.25, 0.3) is 0 Å². The van der Waals surface area contributed by atoms with E-state index in [1.165, 1.54) is 0 Å². The van der Waals surface area contributed by atoms with Gasteiger partial charge >= 0.3 is 29.9 Å². The molecule has 0 aliphatic rings. The number of carboxylic acid groups (broad SMARTS) is 4. The molecule has 2 rings (SSSR count). The molecule has 0 aromatic heterocycles. The predicted octanol–water partition coefficient (Wildman–Crippen LogP) is -0.198. The maximum absolute atomic E-state index is 14.1. The highest BCUT2D eigenvalue weighted by Gasteiger charge is 2.34. The van der Waals surface area contributed by atoms with Crippen LogP contribution in [-0.2, 0) is 70.3 Å². The van der Waals surface area contributed by atoms with Crippen LogP contribution in [0.4, 0.5) is 4.79 Å². The van der Waals surface area contributed by atoms with Gasteiger partial charge in [0.15, 0.2) is 12.0 Å². The summed E-state index contributed by atoms with van der Waals surface area (Å²) >= 11 is 3.92. The second kappa shape index (κ2) is 31.7. The first-order valence-electron chi connectivity index (χ1n) is 22.3. The summed E-state index contributed by atoms with van der Waals surface area (Å²) in [6.07, 6.45) is -3.66. The molecule has 0 bridgehead atoms. The molecule has 0 saturated carbocycles. The predicted molar refractivity (Wildman–Crippen MR) is 252 cm³/mol. The van der Waals surface area contributed by atoms with E-state index in [-0.39, 0.29) is 75.8 Å². The number of ether oxygens (including phenoxy) is 1. The van der Waals surface area contributed by atoms with E-state index in [1.54, 1.807) is 60.7 Å². The normalized spacial score (nSPS) is 13.7. The largest absolute Gasteiger partial charge is 0.481 e. The third-order valence-corrected chi connectivity index (χ3v) is 11.2. The Morgan fingerprint density at radius 2 is 1.28 bits per heavy atom. The molecule has 71 heavy (non-hydrogen) atoms. The molecule has 0 saturated heterocycles. The Kier molecular flexibility index (Phi) is 26.6. The van der Waals surface area contributed by atoms with Gasteiger partial charge in [-0.25, -0.2) is 14.4 Å². The minimum atomic E-state index is -1.72. The van der Waals surface area contributed by atoms with E-state index in [4.69, 9.17) is 10.8 Å². The highest BCUT2D eigenvalue weighted by atomic mass is 32.1. The summed E-state index contributed by atoms with van der Waals surface area (Å²) in [7, 11) is 1.11. The van der Waals surface area contributed by atoms with Crippen molar-refractivity contribution in [2.45, 2.75) is 113 Å². The lowest BCUT2D eigenvalue weighted by Crippen LogP contribution is -2.57. The molecule has 1 unspecified atom stereocenters. The Hall–Kier alpha value is -7.41. The van der Waals surface area contributed by atoms with Gasteiger partial charge < -0.3 is 62.4 Å². The first-order valence-corrected chi connectivity index (χ1v) is 23.0. The van der Waals surface area contributed by atoms with Gasteiger partial charge in [-0.05, 0) is 43.2 Å². The zero-order chi connectivity index (χ0) is 53.0. The van der Waals surface area contributed by atoms with Crippen molar-refractivity contribution in [2.75, 3.05) is 19.3 Å². The van der Waals surface area contributed by atoms with Crippen LogP contribution in [0.3, 0.4) is 0 Å². The Labute approximate surface area is 413 Å². The average molecular weight is 1020 g/mol. The molecule has 24 nitrogen and oxygen atoms in total. The number of unbranched alkanes of at least 4 members (excludes halogenated alkanes) is 1. The number of benzene rings is 2. The number of carbonyl (C=O) groups excluding carboxylic acids is 8. The number of likely N-dealkylation sites (N-methyl/N-ethyl adjacent to an activating group) is 1. The van der Waals surface area contributed by atoms with Gasteiger partial charge in [0.1, 0.15) is 30.0 Å². The number of rotatable bonds is 35. The number of carboxylic acids is 4. The number of aliphatic carboxylic acids is 4. The number of thiol groups is 1. The van der Waals surface area contributed by atoms with E-state index >= 15 is 0 Å². The van der Waals surface area contributed by atoms with Gasteiger partial charge in [-0.3, -0.25) is 43.2 Å². The van der Waals surface area contributed by atoms with E-state index in [0.717, 1.165) is 11.9 Å². The van der Waals surface area contributed by atoms with Crippen molar-refractivity contribution in [1.82, 2.24) is 31.5 Å². The van der Waals surface area contributed by atoms with Gasteiger partial charge in [-0.2, -0.15) is 12.6 Å². The van der Waals surface area contributed by atoms with Crippen LogP contribution in [-0.4, -0.2) is 153 Å². The van der Waals surface area contributed by atoms with E-state index in [1.807, 2.05) is 0 Å².